The zero-order valence-corrected chi connectivity index (χ0v) is 7.47. The third-order valence-corrected chi connectivity index (χ3v) is 1.58. The molecule has 0 radical (unpaired) electrons. The topological polar surface area (TPSA) is 55.1 Å². The largest absolute Gasteiger partial charge is 0.478 e. The molecule has 0 saturated carbocycles. The molecule has 0 aliphatic carbocycles. The van der Waals surface area contributed by atoms with Crippen LogP contribution in [0.3, 0.4) is 0 Å². The molecule has 13 heavy (non-hydrogen) atoms. The quantitative estimate of drug-likeness (QED) is 0.712. The van der Waals surface area contributed by atoms with Gasteiger partial charge in [0, 0.05) is 18.8 Å². The summed E-state index contributed by atoms with van der Waals surface area (Å²) in [5, 5.41) is 12.5. The molecule has 0 fully saturated rings. The molecule has 4 heteroatoms. The van der Waals surface area contributed by atoms with Gasteiger partial charge in [-0.25, -0.2) is 4.79 Å². The van der Waals surface area contributed by atoms with E-state index < -0.39 is 5.97 Å². The first kappa shape index (κ1) is 9.51. The van der Waals surface area contributed by atoms with E-state index in [1.807, 2.05) is 6.92 Å². The van der Waals surface area contributed by atoms with Crippen LogP contribution >= 0.6 is 0 Å². The maximum absolute atomic E-state index is 10.2. The molecule has 0 atom stereocenters. The molecular weight excluding hydrogens is 168 g/mol. The molecule has 0 aliphatic rings. The molecule has 70 valence electrons. The maximum atomic E-state index is 10.2. The minimum atomic E-state index is -0.941. The molecular formula is C9H12N2O2. The van der Waals surface area contributed by atoms with E-state index in [0.717, 1.165) is 24.7 Å². The average Bonchev–Trinajstić information content (AvgIpc) is 2.49. The van der Waals surface area contributed by atoms with Crippen molar-refractivity contribution in [1.29, 1.82) is 0 Å². The second-order valence-corrected chi connectivity index (χ2v) is 2.65. The van der Waals surface area contributed by atoms with Crippen LogP contribution in [0.5, 0.6) is 0 Å². The highest BCUT2D eigenvalue weighted by molar-refractivity contribution is 5.84. The predicted molar refractivity (Wildman–Crippen MR) is 49.2 cm³/mol. The van der Waals surface area contributed by atoms with E-state index in [1.54, 1.807) is 23.0 Å². The van der Waals surface area contributed by atoms with Gasteiger partial charge in [0.25, 0.3) is 0 Å². The Balaban J connectivity index is 2.75. The summed E-state index contributed by atoms with van der Waals surface area (Å²) in [6, 6.07) is 1.79. The van der Waals surface area contributed by atoms with Gasteiger partial charge in [0.1, 0.15) is 0 Å². The Labute approximate surface area is 76.5 Å². The lowest BCUT2D eigenvalue weighted by Gasteiger charge is -2.00. The molecule has 1 aromatic rings. The number of hydrogen-bond donors (Lipinski definition) is 1. The van der Waals surface area contributed by atoms with Crippen LogP contribution in [-0.4, -0.2) is 20.9 Å². The van der Waals surface area contributed by atoms with Gasteiger partial charge in [-0.15, -0.1) is 0 Å². The Kier molecular flexibility index (Phi) is 3.25. The number of aryl methyl sites for hydroxylation is 1. The first-order valence-corrected chi connectivity index (χ1v) is 4.17. The lowest BCUT2D eigenvalue weighted by atomic mass is 10.3. The average molecular weight is 180 g/mol. The molecule has 0 aromatic carbocycles. The van der Waals surface area contributed by atoms with Crippen molar-refractivity contribution in [2.45, 2.75) is 19.9 Å². The summed E-state index contributed by atoms with van der Waals surface area (Å²) in [6.07, 6.45) is 5.31. The lowest BCUT2D eigenvalue weighted by Crippen LogP contribution is -2.01. The van der Waals surface area contributed by atoms with Gasteiger partial charge in [0.05, 0.1) is 5.69 Å². The normalized spacial score (nSPS) is 10.8. The summed E-state index contributed by atoms with van der Waals surface area (Å²) in [5.74, 6) is -0.941. The standard InChI is InChI=1S/C9H12N2O2/c1-2-7-11-8(5-6-10-11)3-4-9(12)13/h3-6H,2,7H2,1H3,(H,12,13)/b4-3+. The third kappa shape index (κ3) is 2.74. The van der Waals surface area contributed by atoms with Gasteiger partial charge < -0.3 is 5.11 Å². The van der Waals surface area contributed by atoms with Crippen molar-refractivity contribution < 1.29 is 9.90 Å². The second-order valence-electron chi connectivity index (χ2n) is 2.65. The van der Waals surface area contributed by atoms with Crippen molar-refractivity contribution in [3.63, 3.8) is 0 Å². The van der Waals surface area contributed by atoms with E-state index in [0.29, 0.717) is 0 Å². The lowest BCUT2D eigenvalue weighted by molar-refractivity contribution is -0.131. The fourth-order valence-corrected chi connectivity index (χ4v) is 1.04. The molecule has 0 aliphatic heterocycles. The van der Waals surface area contributed by atoms with Gasteiger partial charge in [-0.3, -0.25) is 4.68 Å². The van der Waals surface area contributed by atoms with Gasteiger partial charge in [-0.05, 0) is 18.6 Å². The summed E-state index contributed by atoms with van der Waals surface area (Å²) in [7, 11) is 0. The van der Waals surface area contributed by atoms with E-state index in [9.17, 15) is 4.79 Å². The van der Waals surface area contributed by atoms with Crippen molar-refractivity contribution in [3.8, 4) is 0 Å². The van der Waals surface area contributed by atoms with Crippen LogP contribution in [0.25, 0.3) is 6.08 Å². The zero-order valence-electron chi connectivity index (χ0n) is 7.47. The van der Waals surface area contributed by atoms with Gasteiger partial charge in [-0.1, -0.05) is 6.92 Å². The van der Waals surface area contributed by atoms with Crippen molar-refractivity contribution in [3.05, 3.63) is 24.0 Å². The Hall–Kier alpha value is -1.58. The molecule has 0 amide bonds. The van der Waals surface area contributed by atoms with Crippen molar-refractivity contribution in [1.82, 2.24) is 9.78 Å². The van der Waals surface area contributed by atoms with Crippen LogP contribution in [-0.2, 0) is 11.3 Å². The highest BCUT2D eigenvalue weighted by atomic mass is 16.4. The molecule has 1 rings (SSSR count). The van der Waals surface area contributed by atoms with Gasteiger partial charge in [0.2, 0.25) is 0 Å². The number of carboxylic acids is 1. The Morgan fingerprint density at radius 1 is 1.77 bits per heavy atom. The minimum Gasteiger partial charge on any atom is -0.478 e. The molecule has 1 aromatic heterocycles. The van der Waals surface area contributed by atoms with Gasteiger partial charge in [-0.2, -0.15) is 5.10 Å². The summed E-state index contributed by atoms with van der Waals surface area (Å²) < 4.78 is 1.78. The van der Waals surface area contributed by atoms with Gasteiger partial charge >= 0.3 is 5.97 Å². The van der Waals surface area contributed by atoms with Crippen molar-refractivity contribution in [2.75, 3.05) is 0 Å². The number of carbonyl (C=O) groups is 1. The molecule has 0 spiro atoms. The van der Waals surface area contributed by atoms with Crippen molar-refractivity contribution in [2.24, 2.45) is 0 Å². The van der Waals surface area contributed by atoms with E-state index >= 15 is 0 Å². The molecule has 1 heterocycles. The number of aliphatic carboxylic acids is 1. The van der Waals surface area contributed by atoms with Crippen molar-refractivity contribution >= 4 is 12.0 Å². The van der Waals surface area contributed by atoms with E-state index in [-0.39, 0.29) is 0 Å². The summed E-state index contributed by atoms with van der Waals surface area (Å²) in [6.45, 7) is 2.86. The van der Waals surface area contributed by atoms with E-state index in [4.69, 9.17) is 5.11 Å². The first-order chi connectivity index (χ1) is 6.24. The summed E-state index contributed by atoms with van der Waals surface area (Å²) in [5.41, 5.74) is 0.823. The fourth-order valence-electron chi connectivity index (χ4n) is 1.04. The van der Waals surface area contributed by atoms with E-state index in [1.165, 1.54) is 0 Å². The number of nitrogens with zero attached hydrogens (tertiary/aromatic N) is 2. The molecule has 1 N–H and O–H groups in total. The SMILES string of the molecule is CCCn1nccc1/C=C/C(=O)O. The van der Waals surface area contributed by atoms with E-state index in [2.05, 4.69) is 5.10 Å². The number of hydrogen-bond acceptors (Lipinski definition) is 2. The van der Waals surface area contributed by atoms with Crippen LogP contribution < -0.4 is 0 Å². The molecule has 0 unspecified atom stereocenters. The van der Waals surface area contributed by atoms with Crippen LogP contribution in [0.4, 0.5) is 0 Å². The number of carboxylic acid groups (broad SMARTS) is 1. The summed E-state index contributed by atoms with van der Waals surface area (Å²) in [4.78, 5) is 10.2. The monoisotopic (exact) mass is 180 g/mol. The third-order valence-electron chi connectivity index (χ3n) is 1.58. The number of aromatic nitrogens is 2. The predicted octanol–water partition coefficient (Wildman–Crippen LogP) is 1.39. The first-order valence-electron chi connectivity index (χ1n) is 4.17. The van der Waals surface area contributed by atoms with Crippen LogP contribution in [0.15, 0.2) is 18.3 Å². The van der Waals surface area contributed by atoms with Crippen LogP contribution in [0.2, 0.25) is 0 Å². The highest BCUT2D eigenvalue weighted by Crippen LogP contribution is 2.02. The Morgan fingerprint density at radius 3 is 3.15 bits per heavy atom. The highest BCUT2D eigenvalue weighted by Gasteiger charge is 1.97. The smallest absolute Gasteiger partial charge is 0.328 e. The van der Waals surface area contributed by atoms with Crippen LogP contribution in [0, 0.1) is 0 Å². The second kappa shape index (κ2) is 4.45. The van der Waals surface area contributed by atoms with Gasteiger partial charge in [0.15, 0.2) is 0 Å². The zero-order chi connectivity index (χ0) is 9.68. The fraction of sp³-hybridized carbons (Fsp3) is 0.333. The Bertz CT molecular complexity index is 315. The van der Waals surface area contributed by atoms with Crippen LogP contribution in [0.1, 0.15) is 19.0 Å². The minimum absolute atomic E-state index is 0.812. The molecule has 0 saturated heterocycles. The summed E-state index contributed by atoms with van der Waals surface area (Å²) >= 11 is 0. The number of rotatable bonds is 4. The Morgan fingerprint density at radius 2 is 2.54 bits per heavy atom. The molecule has 0 bridgehead atoms. The molecule has 4 nitrogen and oxygen atoms in total. The maximum Gasteiger partial charge on any atom is 0.328 e.